The molecule has 1 rings (SSSR count). The van der Waals surface area contributed by atoms with Gasteiger partial charge in [0.25, 0.3) is 5.91 Å². The van der Waals surface area contributed by atoms with Gasteiger partial charge >= 0.3 is 0 Å². The first-order valence-electron chi connectivity index (χ1n) is 5.94. The molecule has 94 valence electrons. The van der Waals surface area contributed by atoms with Crippen LogP contribution in [0.1, 0.15) is 36.2 Å². The van der Waals surface area contributed by atoms with E-state index >= 15 is 0 Å². The number of benzene rings is 1. The van der Waals surface area contributed by atoms with E-state index in [9.17, 15) is 4.79 Å². The zero-order valence-electron chi connectivity index (χ0n) is 10.7. The number of hydrogen-bond donors (Lipinski definition) is 3. The van der Waals surface area contributed by atoms with E-state index in [0.29, 0.717) is 23.7 Å². The lowest BCUT2D eigenvalue weighted by molar-refractivity contribution is 0.0948. The molecule has 0 spiro atoms. The van der Waals surface area contributed by atoms with Crippen molar-refractivity contribution in [3.63, 3.8) is 0 Å². The van der Waals surface area contributed by atoms with Gasteiger partial charge in [0.05, 0.1) is 11.3 Å². The van der Waals surface area contributed by atoms with Crippen LogP contribution in [0.5, 0.6) is 0 Å². The second-order valence-electron chi connectivity index (χ2n) is 4.42. The van der Waals surface area contributed by atoms with Gasteiger partial charge in [-0.1, -0.05) is 26.3 Å². The maximum atomic E-state index is 11.9. The van der Waals surface area contributed by atoms with Gasteiger partial charge in [-0.2, -0.15) is 0 Å². The summed E-state index contributed by atoms with van der Waals surface area (Å²) in [6.07, 6.45) is 1.05. The summed E-state index contributed by atoms with van der Waals surface area (Å²) in [7, 11) is 0. The maximum Gasteiger partial charge on any atom is 0.253 e. The average molecular weight is 235 g/mol. The lowest BCUT2D eigenvalue weighted by Crippen LogP contribution is -2.29. The highest BCUT2D eigenvalue weighted by Gasteiger charge is 2.11. The van der Waals surface area contributed by atoms with Crippen LogP contribution < -0.4 is 16.6 Å². The van der Waals surface area contributed by atoms with Crippen molar-refractivity contribution >= 4 is 11.6 Å². The van der Waals surface area contributed by atoms with E-state index in [1.54, 1.807) is 6.07 Å². The molecular formula is C13H21N3O. The van der Waals surface area contributed by atoms with Gasteiger partial charge in [-0.25, -0.2) is 0 Å². The Morgan fingerprint density at radius 3 is 2.76 bits per heavy atom. The number of nitrogen functional groups attached to an aromatic ring is 1. The predicted octanol–water partition coefficient (Wildman–Crippen LogP) is 2.06. The van der Waals surface area contributed by atoms with Crippen LogP contribution in [0.15, 0.2) is 18.2 Å². The van der Waals surface area contributed by atoms with Crippen LogP contribution in [0.4, 0.5) is 5.69 Å². The van der Waals surface area contributed by atoms with Crippen LogP contribution in [0.2, 0.25) is 0 Å². The molecule has 0 fully saturated rings. The standard InChI is InChI=1S/C13H21N3O/c1-4-9(2)8-15-13(17)11-6-5-10(3)7-12(11)16-14/h5-7,9,16H,4,8,14H2,1-3H3,(H,15,17). The number of carbonyl (C=O) groups is 1. The Balaban J connectivity index is 2.75. The molecule has 0 saturated heterocycles. The SMILES string of the molecule is CCC(C)CNC(=O)c1ccc(C)cc1NN. The molecule has 0 radical (unpaired) electrons. The van der Waals surface area contributed by atoms with E-state index < -0.39 is 0 Å². The molecule has 0 aromatic heterocycles. The molecule has 0 saturated carbocycles. The molecule has 1 aromatic carbocycles. The molecule has 0 aliphatic rings. The number of hydrogen-bond acceptors (Lipinski definition) is 3. The minimum Gasteiger partial charge on any atom is -0.352 e. The van der Waals surface area contributed by atoms with Crippen LogP contribution >= 0.6 is 0 Å². The predicted molar refractivity (Wildman–Crippen MR) is 70.8 cm³/mol. The van der Waals surface area contributed by atoms with Crippen LogP contribution in [0.25, 0.3) is 0 Å². The Hall–Kier alpha value is -1.55. The summed E-state index contributed by atoms with van der Waals surface area (Å²) in [5.74, 6) is 5.81. The fourth-order valence-corrected chi connectivity index (χ4v) is 1.48. The van der Waals surface area contributed by atoms with Crippen molar-refractivity contribution in [2.45, 2.75) is 27.2 Å². The molecule has 4 heteroatoms. The first-order chi connectivity index (χ1) is 8.08. The summed E-state index contributed by atoms with van der Waals surface area (Å²) < 4.78 is 0. The number of nitrogens with two attached hydrogens (primary N) is 1. The van der Waals surface area contributed by atoms with Crippen molar-refractivity contribution in [2.24, 2.45) is 11.8 Å². The zero-order chi connectivity index (χ0) is 12.8. The Morgan fingerprint density at radius 2 is 2.18 bits per heavy atom. The number of amides is 1. The molecule has 4 nitrogen and oxygen atoms in total. The van der Waals surface area contributed by atoms with Crippen LogP contribution in [0.3, 0.4) is 0 Å². The third-order valence-corrected chi connectivity index (χ3v) is 2.88. The maximum absolute atomic E-state index is 11.9. The minimum absolute atomic E-state index is 0.0850. The molecule has 1 unspecified atom stereocenters. The highest BCUT2D eigenvalue weighted by molar-refractivity contribution is 5.99. The van der Waals surface area contributed by atoms with E-state index in [1.807, 2.05) is 19.1 Å². The van der Waals surface area contributed by atoms with Gasteiger partial charge in [-0.3, -0.25) is 10.6 Å². The van der Waals surface area contributed by atoms with Crippen molar-refractivity contribution in [2.75, 3.05) is 12.0 Å². The van der Waals surface area contributed by atoms with E-state index in [-0.39, 0.29) is 5.91 Å². The number of rotatable bonds is 5. The van der Waals surface area contributed by atoms with E-state index in [2.05, 4.69) is 24.6 Å². The second-order valence-corrected chi connectivity index (χ2v) is 4.42. The molecule has 1 amide bonds. The van der Waals surface area contributed by atoms with Crippen LogP contribution in [-0.4, -0.2) is 12.5 Å². The van der Waals surface area contributed by atoms with Crippen molar-refractivity contribution in [3.8, 4) is 0 Å². The molecule has 0 bridgehead atoms. The molecule has 1 aromatic rings. The van der Waals surface area contributed by atoms with Crippen LogP contribution in [-0.2, 0) is 0 Å². The third kappa shape index (κ3) is 3.75. The highest BCUT2D eigenvalue weighted by atomic mass is 16.1. The van der Waals surface area contributed by atoms with Crippen LogP contribution in [0, 0.1) is 12.8 Å². The average Bonchev–Trinajstić information content (AvgIpc) is 2.35. The lowest BCUT2D eigenvalue weighted by atomic mass is 10.1. The summed E-state index contributed by atoms with van der Waals surface area (Å²) >= 11 is 0. The number of hydrazine groups is 1. The second kappa shape index (κ2) is 6.25. The molecule has 4 N–H and O–H groups in total. The first-order valence-corrected chi connectivity index (χ1v) is 5.94. The Kier molecular flexibility index (Phi) is 4.97. The van der Waals surface area contributed by atoms with Gasteiger partial charge in [0, 0.05) is 6.54 Å². The Bertz CT molecular complexity index is 390. The Morgan fingerprint density at radius 1 is 1.47 bits per heavy atom. The summed E-state index contributed by atoms with van der Waals surface area (Å²) in [5, 5.41) is 2.91. The van der Waals surface area contributed by atoms with Crippen molar-refractivity contribution < 1.29 is 4.79 Å². The quantitative estimate of drug-likeness (QED) is 0.540. The minimum atomic E-state index is -0.0850. The van der Waals surface area contributed by atoms with E-state index in [4.69, 9.17) is 5.84 Å². The summed E-state index contributed by atoms with van der Waals surface area (Å²) in [4.78, 5) is 11.9. The largest absolute Gasteiger partial charge is 0.352 e. The van der Waals surface area contributed by atoms with Crippen molar-refractivity contribution in [1.29, 1.82) is 0 Å². The van der Waals surface area contributed by atoms with Gasteiger partial charge in [-0.15, -0.1) is 0 Å². The molecule has 17 heavy (non-hydrogen) atoms. The van der Waals surface area contributed by atoms with Gasteiger partial charge in [-0.05, 0) is 30.5 Å². The molecule has 0 aliphatic carbocycles. The molecule has 1 atom stereocenters. The molecule has 0 heterocycles. The van der Waals surface area contributed by atoms with E-state index in [0.717, 1.165) is 12.0 Å². The number of anilines is 1. The topological polar surface area (TPSA) is 67.2 Å². The normalized spacial score (nSPS) is 12.0. The zero-order valence-corrected chi connectivity index (χ0v) is 10.7. The number of aryl methyl sites for hydroxylation is 1. The van der Waals surface area contributed by atoms with Gasteiger partial charge in [0.2, 0.25) is 0 Å². The first kappa shape index (κ1) is 13.5. The van der Waals surface area contributed by atoms with Gasteiger partial charge in [0.1, 0.15) is 0 Å². The van der Waals surface area contributed by atoms with Gasteiger partial charge < -0.3 is 10.7 Å². The fraction of sp³-hybridized carbons (Fsp3) is 0.462. The van der Waals surface area contributed by atoms with E-state index in [1.165, 1.54) is 0 Å². The smallest absolute Gasteiger partial charge is 0.253 e. The summed E-state index contributed by atoms with van der Waals surface area (Å²) in [6, 6.07) is 5.55. The van der Waals surface area contributed by atoms with Gasteiger partial charge in [0.15, 0.2) is 0 Å². The third-order valence-electron chi connectivity index (χ3n) is 2.88. The fourth-order valence-electron chi connectivity index (χ4n) is 1.48. The number of nitrogens with one attached hydrogen (secondary N) is 2. The Labute approximate surface area is 103 Å². The summed E-state index contributed by atoms with van der Waals surface area (Å²) in [5.41, 5.74) is 4.87. The van der Waals surface area contributed by atoms with Crippen molar-refractivity contribution in [3.05, 3.63) is 29.3 Å². The monoisotopic (exact) mass is 235 g/mol. The lowest BCUT2D eigenvalue weighted by Gasteiger charge is -2.13. The highest BCUT2D eigenvalue weighted by Crippen LogP contribution is 2.16. The van der Waals surface area contributed by atoms with Crippen molar-refractivity contribution in [1.82, 2.24) is 5.32 Å². The molecule has 0 aliphatic heterocycles. The number of carbonyl (C=O) groups excluding carboxylic acids is 1. The molecular weight excluding hydrogens is 214 g/mol. The summed E-state index contributed by atoms with van der Waals surface area (Å²) in [6.45, 7) is 6.86.